The molecular formula is C14H24N4O2. The van der Waals surface area contributed by atoms with Gasteiger partial charge in [-0.2, -0.15) is 4.98 Å². The molecule has 1 aromatic rings. The van der Waals surface area contributed by atoms with Gasteiger partial charge in [-0.1, -0.05) is 6.92 Å². The van der Waals surface area contributed by atoms with Crippen LogP contribution in [0.25, 0.3) is 0 Å². The third-order valence-corrected chi connectivity index (χ3v) is 3.10. The number of aryl methyl sites for hydroxylation is 1. The van der Waals surface area contributed by atoms with Gasteiger partial charge in [0.1, 0.15) is 0 Å². The smallest absolute Gasteiger partial charge is 0.226 e. The zero-order chi connectivity index (χ0) is 14.2. The lowest BCUT2D eigenvalue weighted by Crippen LogP contribution is -2.39. The van der Waals surface area contributed by atoms with Crippen LogP contribution in [0, 0.1) is 6.92 Å². The lowest BCUT2D eigenvalue weighted by Gasteiger charge is -2.26. The molecule has 0 atom stereocenters. The molecule has 0 saturated carbocycles. The maximum atomic E-state index is 5.55. The molecule has 1 N–H and O–H groups in total. The Labute approximate surface area is 120 Å². The van der Waals surface area contributed by atoms with Crippen molar-refractivity contribution in [2.75, 3.05) is 51.3 Å². The molecule has 1 aliphatic rings. The molecule has 2 heterocycles. The summed E-state index contributed by atoms with van der Waals surface area (Å²) >= 11 is 0. The van der Waals surface area contributed by atoms with Gasteiger partial charge in [-0.15, -0.1) is 0 Å². The highest BCUT2D eigenvalue weighted by atomic mass is 16.5. The molecule has 0 amide bonds. The summed E-state index contributed by atoms with van der Waals surface area (Å²) in [5.74, 6) is 1.29. The first-order valence-corrected chi connectivity index (χ1v) is 7.30. The van der Waals surface area contributed by atoms with Crippen LogP contribution in [0.4, 0.5) is 5.95 Å². The lowest BCUT2D eigenvalue weighted by atomic mass is 10.4. The SMILES string of the molecule is CCCOc1cc(C)nc(NCCN2CCOCC2)n1. The molecule has 2 rings (SSSR count). The van der Waals surface area contributed by atoms with Crippen molar-refractivity contribution < 1.29 is 9.47 Å². The zero-order valence-corrected chi connectivity index (χ0v) is 12.4. The minimum Gasteiger partial charge on any atom is -0.478 e. The van der Waals surface area contributed by atoms with Crippen molar-refractivity contribution in [3.05, 3.63) is 11.8 Å². The summed E-state index contributed by atoms with van der Waals surface area (Å²) in [6.45, 7) is 10.2. The molecule has 1 aliphatic heterocycles. The molecule has 0 bridgehead atoms. The van der Waals surface area contributed by atoms with E-state index in [9.17, 15) is 0 Å². The fraction of sp³-hybridized carbons (Fsp3) is 0.714. The van der Waals surface area contributed by atoms with Crippen LogP contribution in [0.3, 0.4) is 0 Å². The third-order valence-electron chi connectivity index (χ3n) is 3.10. The largest absolute Gasteiger partial charge is 0.478 e. The highest BCUT2D eigenvalue weighted by molar-refractivity contribution is 5.30. The Balaban J connectivity index is 1.80. The molecule has 20 heavy (non-hydrogen) atoms. The van der Waals surface area contributed by atoms with Gasteiger partial charge in [0.2, 0.25) is 11.8 Å². The monoisotopic (exact) mass is 280 g/mol. The van der Waals surface area contributed by atoms with Gasteiger partial charge >= 0.3 is 0 Å². The van der Waals surface area contributed by atoms with Gasteiger partial charge in [-0.25, -0.2) is 4.98 Å². The minimum absolute atomic E-state index is 0.643. The van der Waals surface area contributed by atoms with E-state index in [2.05, 4.69) is 27.1 Å². The summed E-state index contributed by atoms with van der Waals surface area (Å²) in [7, 11) is 0. The molecule has 6 nitrogen and oxygen atoms in total. The Morgan fingerprint density at radius 3 is 2.90 bits per heavy atom. The Bertz CT molecular complexity index is 408. The van der Waals surface area contributed by atoms with E-state index in [1.165, 1.54) is 0 Å². The molecule has 1 aromatic heterocycles. The van der Waals surface area contributed by atoms with Crippen molar-refractivity contribution in [1.29, 1.82) is 0 Å². The van der Waals surface area contributed by atoms with Crippen molar-refractivity contribution in [1.82, 2.24) is 14.9 Å². The summed E-state index contributed by atoms with van der Waals surface area (Å²) in [5, 5.41) is 3.26. The van der Waals surface area contributed by atoms with E-state index in [-0.39, 0.29) is 0 Å². The first kappa shape index (κ1) is 15.0. The second kappa shape index (κ2) is 8.01. The number of morpholine rings is 1. The zero-order valence-electron chi connectivity index (χ0n) is 12.4. The normalized spacial score (nSPS) is 16.1. The molecule has 0 radical (unpaired) electrons. The van der Waals surface area contributed by atoms with Gasteiger partial charge in [-0.3, -0.25) is 4.90 Å². The van der Waals surface area contributed by atoms with Gasteiger partial charge < -0.3 is 14.8 Å². The fourth-order valence-electron chi connectivity index (χ4n) is 2.05. The number of nitrogens with one attached hydrogen (secondary N) is 1. The number of nitrogens with zero attached hydrogens (tertiary/aromatic N) is 3. The lowest BCUT2D eigenvalue weighted by molar-refractivity contribution is 0.0398. The molecule has 112 valence electrons. The van der Waals surface area contributed by atoms with Crippen molar-refractivity contribution >= 4 is 5.95 Å². The Morgan fingerprint density at radius 2 is 2.15 bits per heavy atom. The van der Waals surface area contributed by atoms with Crippen LogP contribution in [-0.2, 0) is 4.74 Å². The standard InChI is InChI=1S/C14H24N4O2/c1-3-8-20-13-11-12(2)16-14(17-13)15-4-5-18-6-9-19-10-7-18/h11H,3-10H2,1-2H3,(H,15,16,17). The van der Waals surface area contributed by atoms with Crippen LogP contribution in [0.2, 0.25) is 0 Å². The number of anilines is 1. The molecule has 0 aliphatic carbocycles. The van der Waals surface area contributed by atoms with Gasteiger partial charge in [0.25, 0.3) is 0 Å². The summed E-state index contributed by atoms with van der Waals surface area (Å²) < 4.78 is 10.9. The summed E-state index contributed by atoms with van der Waals surface area (Å²) in [5.41, 5.74) is 0.917. The first-order chi connectivity index (χ1) is 9.78. The topological polar surface area (TPSA) is 59.5 Å². The summed E-state index contributed by atoms with van der Waals surface area (Å²) in [4.78, 5) is 11.1. The Morgan fingerprint density at radius 1 is 1.35 bits per heavy atom. The number of ether oxygens (including phenoxy) is 2. The molecule has 6 heteroatoms. The van der Waals surface area contributed by atoms with Crippen LogP contribution >= 0.6 is 0 Å². The molecule has 0 aromatic carbocycles. The number of aromatic nitrogens is 2. The van der Waals surface area contributed by atoms with E-state index in [0.717, 1.165) is 51.5 Å². The third kappa shape index (κ3) is 4.94. The quantitative estimate of drug-likeness (QED) is 0.813. The molecular weight excluding hydrogens is 256 g/mol. The highest BCUT2D eigenvalue weighted by Crippen LogP contribution is 2.12. The van der Waals surface area contributed by atoms with Gasteiger partial charge in [-0.05, 0) is 13.3 Å². The average molecular weight is 280 g/mol. The predicted octanol–water partition coefficient (Wildman–Crippen LogP) is 1.32. The Hall–Kier alpha value is -1.40. The highest BCUT2D eigenvalue weighted by Gasteiger charge is 2.10. The number of hydrogen-bond acceptors (Lipinski definition) is 6. The maximum absolute atomic E-state index is 5.55. The van der Waals surface area contributed by atoms with Crippen molar-refractivity contribution in [2.24, 2.45) is 0 Å². The maximum Gasteiger partial charge on any atom is 0.226 e. The van der Waals surface area contributed by atoms with Crippen molar-refractivity contribution in [3.8, 4) is 5.88 Å². The number of rotatable bonds is 7. The molecule has 1 fully saturated rings. The second-order valence-electron chi connectivity index (χ2n) is 4.90. The van der Waals surface area contributed by atoms with Crippen LogP contribution in [-0.4, -0.2) is 60.9 Å². The van der Waals surface area contributed by atoms with E-state index in [1.807, 2.05) is 13.0 Å². The van der Waals surface area contributed by atoms with E-state index in [4.69, 9.17) is 9.47 Å². The van der Waals surface area contributed by atoms with Gasteiger partial charge in [0.15, 0.2) is 0 Å². The van der Waals surface area contributed by atoms with Crippen LogP contribution in [0.5, 0.6) is 5.88 Å². The van der Waals surface area contributed by atoms with Crippen molar-refractivity contribution in [2.45, 2.75) is 20.3 Å². The van der Waals surface area contributed by atoms with E-state index in [1.54, 1.807) is 0 Å². The van der Waals surface area contributed by atoms with Gasteiger partial charge in [0.05, 0.1) is 19.8 Å². The molecule has 0 spiro atoms. The molecule has 1 saturated heterocycles. The van der Waals surface area contributed by atoms with Crippen LogP contribution < -0.4 is 10.1 Å². The first-order valence-electron chi connectivity index (χ1n) is 7.30. The fourth-order valence-corrected chi connectivity index (χ4v) is 2.05. The van der Waals surface area contributed by atoms with Crippen molar-refractivity contribution in [3.63, 3.8) is 0 Å². The minimum atomic E-state index is 0.643. The molecule has 0 unspecified atom stereocenters. The van der Waals surface area contributed by atoms with Gasteiger partial charge in [0, 0.05) is 37.9 Å². The second-order valence-corrected chi connectivity index (χ2v) is 4.90. The van der Waals surface area contributed by atoms with E-state index < -0.39 is 0 Å². The van der Waals surface area contributed by atoms with Crippen LogP contribution in [0.15, 0.2) is 6.07 Å². The summed E-state index contributed by atoms with van der Waals surface area (Å²) in [6.07, 6.45) is 0.975. The average Bonchev–Trinajstić information content (AvgIpc) is 2.46. The van der Waals surface area contributed by atoms with E-state index >= 15 is 0 Å². The van der Waals surface area contributed by atoms with E-state index in [0.29, 0.717) is 18.4 Å². The predicted molar refractivity (Wildman–Crippen MR) is 78.3 cm³/mol. The number of hydrogen-bond donors (Lipinski definition) is 1. The Kier molecular flexibility index (Phi) is 6.01. The van der Waals surface area contributed by atoms with Crippen LogP contribution in [0.1, 0.15) is 19.0 Å². The summed E-state index contributed by atoms with van der Waals surface area (Å²) in [6, 6.07) is 1.86.